The Labute approximate surface area is 94.0 Å². The molecule has 16 heavy (non-hydrogen) atoms. The van der Waals surface area contributed by atoms with Crippen LogP contribution in [-0.4, -0.2) is 41.4 Å². The summed E-state index contributed by atoms with van der Waals surface area (Å²) >= 11 is 0. The van der Waals surface area contributed by atoms with Crippen molar-refractivity contribution in [3.8, 4) is 0 Å². The molecule has 0 saturated heterocycles. The maximum Gasteiger partial charge on any atom is 0.334 e. The van der Waals surface area contributed by atoms with Crippen molar-refractivity contribution >= 4 is 12.0 Å². The van der Waals surface area contributed by atoms with Crippen LogP contribution in [0.4, 0.5) is 4.79 Å². The maximum atomic E-state index is 11.1. The molecule has 0 aromatic heterocycles. The van der Waals surface area contributed by atoms with E-state index in [1.807, 2.05) is 0 Å². The third kappa shape index (κ3) is 5.55. The van der Waals surface area contributed by atoms with Crippen LogP contribution in [0, 0.1) is 5.92 Å². The van der Waals surface area contributed by atoms with E-state index in [0.29, 0.717) is 6.54 Å². The minimum Gasteiger partial charge on any atom is -0.479 e. The number of aliphatic carboxylic acids is 1. The van der Waals surface area contributed by atoms with Gasteiger partial charge in [-0.15, -0.1) is 0 Å². The van der Waals surface area contributed by atoms with Gasteiger partial charge in [-0.25, -0.2) is 9.59 Å². The van der Waals surface area contributed by atoms with Gasteiger partial charge in [0.05, 0.1) is 6.54 Å². The van der Waals surface area contributed by atoms with Gasteiger partial charge in [0.25, 0.3) is 0 Å². The Balaban J connectivity index is 1.94. The SMILES string of the molecule is O=C(NCCCC1CC1)NCC(O)C(=O)O. The summed E-state index contributed by atoms with van der Waals surface area (Å²) in [6.07, 6.45) is 3.14. The molecule has 1 unspecified atom stereocenters. The van der Waals surface area contributed by atoms with Crippen LogP contribution in [0.15, 0.2) is 0 Å². The number of rotatable bonds is 7. The monoisotopic (exact) mass is 230 g/mol. The van der Waals surface area contributed by atoms with Crippen molar-refractivity contribution in [2.45, 2.75) is 31.8 Å². The summed E-state index contributed by atoms with van der Waals surface area (Å²) in [7, 11) is 0. The molecule has 4 N–H and O–H groups in total. The third-order valence-corrected chi connectivity index (χ3v) is 2.51. The van der Waals surface area contributed by atoms with Crippen molar-refractivity contribution < 1.29 is 19.8 Å². The minimum atomic E-state index is -1.54. The smallest absolute Gasteiger partial charge is 0.334 e. The molecule has 1 fully saturated rings. The standard InChI is InChI=1S/C10H18N2O4/c13-8(9(14)15)6-12-10(16)11-5-1-2-7-3-4-7/h7-8,13H,1-6H2,(H,14,15)(H2,11,12,16). The number of amides is 2. The number of urea groups is 1. The first-order chi connectivity index (χ1) is 7.59. The van der Waals surface area contributed by atoms with Crippen molar-refractivity contribution in [2.75, 3.05) is 13.1 Å². The van der Waals surface area contributed by atoms with Crippen LogP contribution in [0.5, 0.6) is 0 Å². The van der Waals surface area contributed by atoms with Crippen molar-refractivity contribution in [3.63, 3.8) is 0 Å². The fourth-order valence-electron chi connectivity index (χ4n) is 1.34. The molecule has 0 aromatic rings. The summed E-state index contributed by atoms with van der Waals surface area (Å²) in [5.41, 5.74) is 0. The number of carbonyl (C=O) groups is 2. The topological polar surface area (TPSA) is 98.7 Å². The normalized spacial score (nSPS) is 16.6. The first-order valence-corrected chi connectivity index (χ1v) is 5.52. The minimum absolute atomic E-state index is 0.274. The van der Waals surface area contributed by atoms with Crippen LogP contribution >= 0.6 is 0 Å². The van der Waals surface area contributed by atoms with Crippen LogP contribution in [0.1, 0.15) is 25.7 Å². The van der Waals surface area contributed by atoms with Crippen LogP contribution in [0.2, 0.25) is 0 Å². The fraction of sp³-hybridized carbons (Fsp3) is 0.800. The van der Waals surface area contributed by atoms with Gasteiger partial charge in [-0.3, -0.25) is 0 Å². The van der Waals surface area contributed by atoms with Crippen molar-refractivity contribution in [3.05, 3.63) is 0 Å². The molecule has 0 spiro atoms. The number of carboxylic acid groups (broad SMARTS) is 1. The fourth-order valence-corrected chi connectivity index (χ4v) is 1.34. The lowest BCUT2D eigenvalue weighted by Gasteiger charge is -2.09. The molecule has 1 saturated carbocycles. The maximum absolute atomic E-state index is 11.1. The average Bonchev–Trinajstić information content (AvgIpc) is 3.04. The summed E-state index contributed by atoms with van der Waals surface area (Å²) < 4.78 is 0. The van der Waals surface area contributed by atoms with Gasteiger partial charge in [0.1, 0.15) is 0 Å². The molecule has 6 nitrogen and oxygen atoms in total. The van der Waals surface area contributed by atoms with Crippen LogP contribution in [-0.2, 0) is 4.79 Å². The summed E-state index contributed by atoms with van der Waals surface area (Å²) in [4.78, 5) is 21.3. The molecule has 1 aliphatic rings. The summed E-state index contributed by atoms with van der Waals surface area (Å²) in [5, 5.41) is 22.1. The third-order valence-electron chi connectivity index (χ3n) is 2.51. The highest BCUT2D eigenvalue weighted by atomic mass is 16.4. The Morgan fingerprint density at radius 1 is 1.31 bits per heavy atom. The molecule has 2 amide bonds. The Kier molecular flexibility index (Phi) is 5.04. The summed E-state index contributed by atoms with van der Waals surface area (Å²) in [6.45, 7) is 0.315. The molecule has 0 aromatic carbocycles. The molecular formula is C10H18N2O4. The number of nitrogens with one attached hydrogen (secondary N) is 2. The molecule has 1 atom stereocenters. The van der Waals surface area contributed by atoms with E-state index < -0.39 is 18.1 Å². The van der Waals surface area contributed by atoms with Gasteiger partial charge in [0.15, 0.2) is 6.10 Å². The van der Waals surface area contributed by atoms with E-state index >= 15 is 0 Å². The van der Waals surface area contributed by atoms with E-state index in [1.54, 1.807) is 0 Å². The number of aliphatic hydroxyl groups excluding tert-OH is 1. The number of carbonyl (C=O) groups excluding carboxylic acids is 1. The predicted octanol–water partition coefficient (Wildman–Crippen LogP) is -0.0787. The first-order valence-electron chi connectivity index (χ1n) is 5.52. The van der Waals surface area contributed by atoms with Crippen LogP contribution in [0.25, 0.3) is 0 Å². The number of hydrogen-bond donors (Lipinski definition) is 4. The van der Waals surface area contributed by atoms with E-state index in [4.69, 9.17) is 10.2 Å². The lowest BCUT2D eigenvalue weighted by atomic mass is 10.2. The average molecular weight is 230 g/mol. The van der Waals surface area contributed by atoms with Crippen molar-refractivity contribution in [1.82, 2.24) is 10.6 Å². The Morgan fingerprint density at radius 2 is 2.00 bits per heavy atom. The Morgan fingerprint density at radius 3 is 2.56 bits per heavy atom. The van der Waals surface area contributed by atoms with Gasteiger partial charge in [-0.1, -0.05) is 12.8 Å². The summed E-state index contributed by atoms with van der Waals surface area (Å²) in [5.74, 6) is -0.493. The van der Waals surface area contributed by atoms with E-state index in [1.165, 1.54) is 12.8 Å². The zero-order valence-corrected chi connectivity index (χ0v) is 9.11. The van der Waals surface area contributed by atoms with Gasteiger partial charge in [0, 0.05) is 6.54 Å². The number of hydrogen-bond acceptors (Lipinski definition) is 3. The van der Waals surface area contributed by atoms with Crippen molar-refractivity contribution in [2.24, 2.45) is 5.92 Å². The Bertz CT molecular complexity index is 253. The molecule has 6 heteroatoms. The lowest BCUT2D eigenvalue weighted by molar-refractivity contribution is -0.146. The van der Waals surface area contributed by atoms with E-state index in [2.05, 4.69) is 10.6 Å². The summed E-state index contributed by atoms with van der Waals surface area (Å²) in [6, 6.07) is -0.434. The molecule has 0 aliphatic heterocycles. The second-order valence-electron chi connectivity index (χ2n) is 4.08. The molecule has 0 radical (unpaired) electrons. The van der Waals surface area contributed by atoms with E-state index in [0.717, 1.165) is 18.8 Å². The van der Waals surface area contributed by atoms with Gasteiger partial charge >= 0.3 is 12.0 Å². The van der Waals surface area contributed by atoms with Gasteiger partial charge in [0.2, 0.25) is 0 Å². The molecular weight excluding hydrogens is 212 g/mol. The van der Waals surface area contributed by atoms with Gasteiger partial charge in [-0.05, 0) is 18.8 Å². The molecule has 0 bridgehead atoms. The lowest BCUT2D eigenvalue weighted by Crippen LogP contribution is -2.42. The highest BCUT2D eigenvalue weighted by molar-refractivity contribution is 5.76. The van der Waals surface area contributed by atoms with E-state index in [-0.39, 0.29) is 6.54 Å². The van der Waals surface area contributed by atoms with Crippen LogP contribution in [0.3, 0.4) is 0 Å². The molecule has 1 aliphatic carbocycles. The quantitative estimate of drug-likeness (QED) is 0.460. The van der Waals surface area contributed by atoms with E-state index in [9.17, 15) is 9.59 Å². The predicted molar refractivity (Wildman–Crippen MR) is 57.0 cm³/mol. The molecule has 0 heterocycles. The second kappa shape index (κ2) is 6.32. The largest absolute Gasteiger partial charge is 0.479 e. The zero-order valence-electron chi connectivity index (χ0n) is 9.11. The highest BCUT2D eigenvalue weighted by Crippen LogP contribution is 2.33. The van der Waals surface area contributed by atoms with Crippen molar-refractivity contribution in [1.29, 1.82) is 0 Å². The number of aliphatic hydroxyl groups is 1. The Hall–Kier alpha value is -1.30. The number of carboxylic acids is 1. The van der Waals surface area contributed by atoms with Gasteiger partial charge < -0.3 is 20.8 Å². The zero-order chi connectivity index (χ0) is 12.0. The van der Waals surface area contributed by atoms with Gasteiger partial charge in [-0.2, -0.15) is 0 Å². The molecule has 1 rings (SSSR count). The second-order valence-corrected chi connectivity index (χ2v) is 4.08. The van der Waals surface area contributed by atoms with Crippen LogP contribution < -0.4 is 10.6 Å². The molecule has 92 valence electrons. The first kappa shape index (κ1) is 12.8. The highest BCUT2D eigenvalue weighted by Gasteiger charge is 2.20.